The van der Waals surface area contributed by atoms with Crippen LogP contribution in [0.3, 0.4) is 0 Å². The van der Waals surface area contributed by atoms with E-state index in [1.54, 1.807) is 29.3 Å². The van der Waals surface area contributed by atoms with Crippen LogP contribution < -0.4 is 15.5 Å². The standard InChI is InChI=1S/C21H23Cl2N3O3S.C3H4N2S.2H2/c1-14-13-24(8-9-25(14)18-11-15(22)10-16(23)12-18)20-6-7-26(21(20)27)17-2-4-19(5-3-17)30(28)29;4-3-5-1-2-6-3;;/h2-5,10-12,14,20H,6-9,13H2,1H3,(H,28,29);1-2H,(H2,4,5);2*1H/p-1/t14-,20+;;;/m0.../s1. The van der Waals surface area contributed by atoms with Gasteiger partial charge >= 0.3 is 0 Å². The number of amides is 1. The maximum atomic E-state index is 13.1. The Morgan fingerprint density at radius 3 is 2.33 bits per heavy atom. The molecule has 3 aromatic rings. The van der Waals surface area contributed by atoms with E-state index in [0.717, 1.165) is 37.4 Å². The van der Waals surface area contributed by atoms with Crippen LogP contribution in [0.25, 0.3) is 0 Å². The normalized spacial score (nSPS) is 21.3. The van der Waals surface area contributed by atoms with Crippen molar-refractivity contribution in [3.63, 3.8) is 0 Å². The van der Waals surface area contributed by atoms with Gasteiger partial charge in [0.15, 0.2) is 5.13 Å². The summed E-state index contributed by atoms with van der Waals surface area (Å²) in [5, 5.41) is 3.70. The van der Waals surface area contributed by atoms with Crippen molar-refractivity contribution in [3.05, 3.63) is 64.1 Å². The fraction of sp³-hybridized carbons (Fsp3) is 0.333. The van der Waals surface area contributed by atoms with E-state index in [4.69, 9.17) is 28.9 Å². The summed E-state index contributed by atoms with van der Waals surface area (Å²) in [5.74, 6) is 0.0671. The quantitative estimate of drug-likeness (QED) is 0.450. The van der Waals surface area contributed by atoms with Crippen molar-refractivity contribution in [2.24, 2.45) is 0 Å². The zero-order chi connectivity index (χ0) is 25.8. The molecule has 1 unspecified atom stereocenters. The number of benzene rings is 2. The van der Waals surface area contributed by atoms with Gasteiger partial charge in [-0.05, 0) is 66.9 Å². The zero-order valence-corrected chi connectivity index (χ0v) is 22.7. The van der Waals surface area contributed by atoms with Crippen LogP contribution in [0.2, 0.25) is 10.0 Å². The maximum Gasteiger partial charge on any atom is 0.244 e. The largest absolute Gasteiger partial charge is 0.768 e. The number of rotatable bonds is 4. The summed E-state index contributed by atoms with van der Waals surface area (Å²) in [5.41, 5.74) is 6.91. The van der Waals surface area contributed by atoms with Crippen LogP contribution in [-0.2, 0) is 15.9 Å². The predicted octanol–water partition coefficient (Wildman–Crippen LogP) is 4.76. The van der Waals surface area contributed by atoms with E-state index in [9.17, 15) is 13.6 Å². The number of carbonyl (C=O) groups excluding carboxylic acids is 1. The van der Waals surface area contributed by atoms with Crippen molar-refractivity contribution in [1.82, 2.24) is 9.88 Å². The molecule has 0 spiro atoms. The molecular formula is C24H30Cl2N5O3S2-. The van der Waals surface area contributed by atoms with Gasteiger partial charge in [-0.3, -0.25) is 13.9 Å². The Hall–Kier alpha value is -2.21. The van der Waals surface area contributed by atoms with Gasteiger partial charge in [0.05, 0.1) is 6.04 Å². The first kappa shape index (κ1) is 26.8. The van der Waals surface area contributed by atoms with Gasteiger partial charge in [0.2, 0.25) is 5.91 Å². The topological polar surface area (TPSA) is 106 Å². The van der Waals surface area contributed by atoms with Gasteiger partial charge in [0, 0.05) is 73.0 Å². The number of nitrogen functional groups attached to an aromatic ring is 1. The fourth-order valence-corrected chi connectivity index (χ4v) is 5.84. The third-order valence-electron chi connectivity index (χ3n) is 6.25. The molecule has 1 aromatic heterocycles. The molecule has 196 valence electrons. The molecule has 2 aromatic carbocycles. The lowest BCUT2D eigenvalue weighted by Gasteiger charge is -2.43. The molecule has 2 aliphatic rings. The molecule has 5 rings (SSSR count). The molecule has 8 nitrogen and oxygen atoms in total. The smallest absolute Gasteiger partial charge is 0.244 e. The van der Waals surface area contributed by atoms with E-state index in [1.165, 1.54) is 23.5 Å². The van der Waals surface area contributed by atoms with Gasteiger partial charge < -0.3 is 20.1 Å². The highest BCUT2D eigenvalue weighted by Crippen LogP contribution is 2.31. The SMILES string of the molecule is C[C@H]1CN([C@@H]2CCN(c3ccc(S(=O)[O-])cc3)C2=O)CCN1c1cc(Cl)cc(Cl)c1.Nc1nccs1.[HH].[HH]. The van der Waals surface area contributed by atoms with Crippen LogP contribution in [0.15, 0.2) is 58.9 Å². The second-order valence-electron chi connectivity index (χ2n) is 8.56. The minimum atomic E-state index is -2.27. The summed E-state index contributed by atoms with van der Waals surface area (Å²) in [4.78, 5) is 23.3. The molecule has 3 heterocycles. The van der Waals surface area contributed by atoms with Gasteiger partial charge in [-0.2, -0.15) is 0 Å². The number of nitrogens with two attached hydrogens (primary N) is 1. The monoisotopic (exact) mass is 570 g/mol. The minimum absolute atomic E-state index is 0. The fourth-order valence-electron chi connectivity index (χ4n) is 4.59. The number of halogens is 2. The van der Waals surface area contributed by atoms with Gasteiger partial charge in [-0.1, -0.05) is 23.2 Å². The van der Waals surface area contributed by atoms with Gasteiger partial charge in [0.25, 0.3) is 0 Å². The van der Waals surface area contributed by atoms with Crippen LogP contribution in [0.4, 0.5) is 16.5 Å². The number of hydrogen-bond donors (Lipinski definition) is 1. The molecule has 2 fully saturated rings. The predicted molar refractivity (Wildman–Crippen MR) is 150 cm³/mol. The Balaban J connectivity index is 0.000000561. The van der Waals surface area contributed by atoms with Crippen molar-refractivity contribution < 1.29 is 16.4 Å². The van der Waals surface area contributed by atoms with E-state index in [0.29, 0.717) is 21.7 Å². The number of anilines is 3. The summed E-state index contributed by atoms with van der Waals surface area (Å²) in [6.45, 7) is 5.09. The van der Waals surface area contributed by atoms with Crippen LogP contribution in [-0.4, -0.2) is 62.8 Å². The molecule has 2 N–H and O–H groups in total. The number of thiazole rings is 1. The summed E-state index contributed by atoms with van der Waals surface area (Å²) < 4.78 is 22.1. The van der Waals surface area contributed by atoms with E-state index >= 15 is 0 Å². The Bertz CT molecular complexity index is 1200. The Morgan fingerprint density at radius 2 is 1.81 bits per heavy atom. The molecular weight excluding hydrogens is 541 g/mol. The van der Waals surface area contributed by atoms with Gasteiger partial charge in [-0.25, -0.2) is 4.98 Å². The first-order chi connectivity index (χ1) is 17.2. The highest BCUT2D eigenvalue weighted by molar-refractivity contribution is 7.79. The number of aromatic nitrogens is 1. The maximum absolute atomic E-state index is 13.1. The summed E-state index contributed by atoms with van der Waals surface area (Å²) >= 11 is 11.5. The zero-order valence-electron chi connectivity index (χ0n) is 19.5. The van der Waals surface area contributed by atoms with Crippen molar-refractivity contribution >= 4 is 68.0 Å². The lowest BCUT2D eigenvalue weighted by Crippen LogP contribution is -2.56. The number of carbonyl (C=O) groups is 1. The molecule has 2 saturated heterocycles. The molecule has 2 aliphatic heterocycles. The number of piperazine rings is 1. The molecule has 0 bridgehead atoms. The van der Waals surface area contributed by atoms with E-state index < -0.39 is 11.1 Å². The lowest BCUT2D eigenvalue weighted by molar-refractivity contribution is -0.121. The van der Waals surface area contributed by atoms with Gasteiger partial charge in [0.1, 0.15) is 0 Å². The van der Waals surface area contributed by atoms with Crippen molar-refractivity contribution in [3.8, 4) is 0 Å². The summed E-state index contributed by atoms with van der Waals surface area (Å²) in [7, 11) is 0. The van der Waals surface area contributed by atoms with E-state index in [1.807, 2.05) is 17.5 Å². The Labute approximate surface area is 229 Å². The molecule has 0 saturated carbocycles. The van der Waals surface area contributed by atoms with Crippen LogP contribution >= 0.6 is 34.5 Å². The molecule has 12 heteroatoms. The van der Waals surface area contributed by atoms with E-state index in [-0.39, 0.29) is 25.7 Å². The average Bonchev–Trinajstić information content (AvgIpc) is 3.47. The van der Waals surface area contributed by atoms with Gasteiger partial charge in [-0.15, -0.1) is 11.3 Å². The molecule has 0 radical (unpaired) electrons. The highest BCUT2D eigenvalue weighted by Gasteiger charge is 2.39. The Morgan fingerprint density at radius 1 is 1.11 bits per heavy atom. The van der Waals surface area contributed by atoms with Crippen molar-refractivity contribution in [2.75, 3.05) is 41.7 Å². The first-order valence-corrected chi connectivity index (χ1v) is 14.1. The molecule has 3 atom stereocenters. The number of hydrogen-bond acceptors (Lipinski definition) is 8. The van der Waals surface area contributed by atoms with Crippen molar-refractivity contribution in [2.45, 2.75) is 30.3 Å². The van der Waals surface area contributed by atoms with E-state index in [2.05, 4.69) is 21.7 Å². The van der Waals surface area contributed by atoms with Crippen LogP contribution in [0.5, 0.6) is 0 Å². The second kappa shape index (κ2) is 11.9. The van der Waals surface area contributed by atoms with Crippen LogP contribution in [0, 0.1) is 0 Å². The van der Waals surface area contributed by atoms with Crippen LogP contribution in [0.1, 0.15) is 16.2 Å². The molecule has 36 heavy (non-hydrogen) atoms. The minimum Gasteiger partial charge on any atom is -0.768 e. The third-order valence-corrected chi connectivity index (χ3v) is 7.95. The lowest BCUT2D eigenvalue weighted by atomic mass is 10.1. The summed E-state index contributed by atoms with van der Waals surface area (Å²) in [6.07, 6.45) is 2.43. The average molecular weight is 572 g/mol. The molecule has 0 aliphatic carbocycles. The Kier molecular flexibility index (Phi) is 8.87. The summed E-state index contributed by atoms with van der Waals surface area (Å²) in [6, 6.07) is 12.0. The molecule has 1 amide bonds. The second-order valence-corrected chi connectivity index (χ2v) is 11.3. The number of nitrogens with zero attached hydrogens (tertiary/aromatic N) is 4. The third kappa shape index (κ3) is 6.37. The van der Waals surface area contributed by atoms with Crippen molar-refractivity contribution in [1.29, 1.82) is 0 Å². The highest BCUT2D eigenvalue weighted by atomic mass is 35.5. The first-order valence-electron chi connectivity index (χ1n) is 11.4.